The summed E-state index contributed by atoms with van der Waals surface area (Å²) >= 11 is 3.20. The fourth-order valence-corrected chi connectivity index (χ4v) is 2.26. The molecule has 0 radical (unpaired) electrons. The van der Waals surface area contributed by atoms with Gasteiger partial charge in [-0.1, -0.05) is 12.1 Å². The summed E-state index contributed by atoms with van der Waals surface area (Å²) in [7, 11) is 0. The van der Waals surface area contributed by atoms with Gasteiger partial charge in [0.1, 0.15) is 11.6 Å². The predicted molar refractivity (Wildman–Crippen MR) is 78.3 cm³/mol. The van der Waals surface area contributed by atoms with Gasteiger partial charge in [-0.3, -0.25) is 15.5 Å². The number of para-hydroxylation sites is 1. The van der Waals surface area contributed by atoms with Crippen LogP contribution in [0.4, 0.5) is 10.1 Å². The second-order valence-electron chi connectivity index (χ2n) is 3.97. The highest BCUT2D eigenvalue weighted by atomic mass is 79.9. The first-order valence-corrected chi connectivity index (χ1v) is 6.44. The number of rotatable bonds is 4. The van der Waals surface area contributed by atoms with Crippen molar-refractivity contribution in [1.82, 2.24) is 0 Å². The Balaban J connectivity index is 2.56. The lowest BCUT2D eigenvalue weighted by atomic mass is 10.2. The van der Waals surface area contributed by atoms with Gasteiger partial charge in [-0.15, -0.1) is 0 Å². The lowest BCUT2D eigenvalue weighted by Gasteiger charge is -2.12. The fraction of sp³-hybridized carbons (Fsp3) is 0. The Morgan fingerprint density at radius 3 is 2.62 bits per heavy atom. The minimum atomic E-state index is -0.876. The molecule has 0 aliphatic rings. The minimum Gasteiger partial charge on any atom is -0.446 e. The van der Waals surface area contributed by atoms with Crippen molar-refractivity contribution in [2.75, 3.05) is 0 Å². The molecule has 0 bridgehead atoms. The molecule has 0 aliphatic heterocycles. The van der Waals surface area contributed by atoms with Crippen molar-refractivity contribution in [3.05, 3.63) is 62.4 Å². The fourth-order valence-electron chi connectivity index (χ4n) is 1.70. The van der Waals surface area contributed by atoms with Gasteiger partial charge >= 0.3 is 5.69 Å². The van der Waals surface area contributed by atoms with Gasteiger partial charge < -0.3 is 10.5 Å². The molecule has 0 fully saturated rings. The number of nitro benzene ring substituents is 1. The number of ether oxygens (including phenoxy) is 1. The maximum absolute atomic E-state index is 13.8. The number of nitrogen functional groups attached to an aromatic ring is 1. The number of nitro groups is 1. The number of benzene rings is 2. The highest BCUT2D eigenvalue weighted by Crippen LogP contribution is 2.36. The second-order valence-corrected chi connectivity index (χ2v) is 4.83. The number of nitrogens with one attached hydrogen (secondary N) is 1. The molecule has 0 amide bonds. The molecule has 3 N–H and O–H groups in total. The van der Waals surface area contributed by atoms with E-state index >= 15 is 0 Å². The molecule has 0 aliphatic carbocycles. The van der Waals surface area contributed by atoms with Gasteiger partial charge in [0, 0.05) is 10.5 Å². The van der Waals surface area contributed by atoms with Crippen LogP contribution < -0.4 is 10.5 Å². The summed E-state index contributed by atoms with van der Waals surface area (Å²) < 4.78 is 19.6. The van der Waals surface area contributed by atoms with Crippen LogP contribution in [0.5, 0.6) is 11.5 Å². The largest absolute Gasteiger partial charge is 0.446 e. The van der Waals surface area contributed by atoms with Gasteiger partial charge in [-0.25, -0.2) is 4.39 Å². The lowest BCUT2D eigenvalue weighted by Crippen LogP contribution is -2.13. The highest BCUT2D eigenvalue weighted by molar-refractivity contribution is 9.10. The van der Waals surface area contributed by atoms with Gasteiger partial charge in [0.2, 0.25) is 5.75 Å². The third-order valence-corrected chi connectivity index (χ3v) is 3.26. The van der Waals surface area contributed by atoms with E-state index < -0.39 is 22.2 Å². The molecular formula is C13H9BrFN3O3. The van der Waals surface area contributed by atoms with Crippen molar-refractivity contribution in [3.8, 4) is 11.5 Å². The van der Waals surface area contributed by atoms with Crippen LogP contribution in [0, 0.1) is 21.3 Å². The monoisotopic (exact) mass is 353 g/mol. The number of nitrogens with two attached hydrogens (primary N) is 1. The van der Waals surface area contributed by atoms with Crippen LogP contribution in [0.1, 0.15) is 5.56 Å². The van der Waals surface area contributed by atoms with Crippen molar-refractivity contribution in [2.24, 2.45) is 5.73 Å². The van der Waals surface area contributed by atoms with E-state index in [9.17, 15) is 14.5 Å². The van der Waals surface area contributed by atoms with Crippen LogP contribution in [-0.4, -0.2) is 10.8 Å². The molecule has 0 heterocycles. The zero-order chi connectivity index (χ0) is 15.6. The van der Waals surface area contributed by atoms with Gasteiger partial charge in [0.05, 0.1) is 10.5 Å². The molecule has 0 atom stereocenters. The van der Waals surface area contributed by atoms with E-state index in [4.69, 9.17) is 15.9 Å². The molecule has 21 heavy (non-hydrogen) atoms. The van der Waals surface area contributed by atoms with E-state index in [2.05, 4.69) is 15.9 Å². The number of hydrogen-bond donors (Lipinski definition) is 2. The smallest absolute Gasteiger partial charge is 0.314 e. The third-order valence-electron chi connectivity index (χ3n) is 2.60. The van der Waals surface area contributed by atoms with Crippen molar-refractivity contribution >= 4 is 27.5 Å². The Kier molecular flexibility index (Phi) is 4.18. The average molecular weight is 354 g/mol. The standard InChI is InChI=1S/C13H9BrFN3O3/c14-7-3-1-6-10(11(7)13(16)17)21-12-8(15)4-2-5-9(12)18(19)20/h1-6H,(H3,16,17). The minimum absolute atomic E-state index is 0.0464. The SMILES string of the molecule is N=C(N)c1c(Br)cccc1Oc1c(F)cccc1[N+](=O)[O-]. The quantitative estimate of drug-likeness (QED) is 0.379. The molecule has 2 aromatic rings. The Labute approximate surface area is 127 Å². The first-order chi connectivity index (χ1) is 9.91. The van der Waals surface area contributed by atoms with Gasteiger partial charge in [-0.05, 0) is 34.1 Å². The molecule has 8 heteroatoms. The summed E-state index contributed by atoms with van der Waals surface area (Å²) in [6.45, 7) is 0. The van der Waals surface area contributed by atoms with Crippen LogP contribution in [0.15, 0.2) is 40.9 Å². The topological polar surface area (TPSA) is 102 Å². The molecule has 0 unspecified atom stereocenters. The van der Waals surface area contributed by atoms with Crippen molar-refractivity contribution in [1.29, 1.82) is 5.41 Å². The molecule has 2 rings (SSSR count). The summed E-state index contributed by atoms with van der Waals surface area (Å²) in [5.41, 5.74) is 5.13. The third kappa shape index (κ3) is 3.00. The van der Waals surface area contributed by atoms with Crippen molar-refractivity contribution in [2.45, 2.75) is 0 Å². The Hall–Kier alpha value is -2.48. The summed E-state index contributed by atoms with van der Waals surface area (Å²) in [6.07, 6.45) is 0. The summed E-state index contributed by atoms with van der Waals surface area (Å²) in [6, 6.07) is 8.04. The highest BCUT2D eigenvalue weighted by Gasteiger charge is 2.22. The van der Waals surface area contributed by atoms with E-state index in [1.165, 1.54) is 12.1 Å². The van der Waals surface area contributed by atoms with E-state index in [-0.39, 0.29) is 17.1 Å². The van der Waals surface area contributed by atoms with Gasteiger partial charge in [0.25, 0.3) is 0 Å². The molecule has 108 valence electrons. The lowest BCUT2D eigenvalue weighted by molar-refractivity contribution is -0.385. The molecule has 0 aromatic heterocycles. The van der Waals surface area contributed by atoms with E-state index in [1.54, 1.807) is 12.1 Å². The van der Waals surface area contributed by atoms with E-state index in [0.717, 1.165) is 12.1 Å². The summed E-state index contributed by atoms with van der Waals surface area (Å²) in [5, 5.41) is 18.4. The number of halogens is 2. The molecular weight excluding hydrogens is 345 g/mol. The Morgan fingerprint density at radius 1 is 1.33 bits per heavy atom. The molecule has 0 saturated heterocycles. The Bertz CT molecular complexity index is 737. The maximum atomic E-state index is 13.8. The van der Waals surface area contributed by atoms with Crippen LogP contribution in [0.2, 0.25) is 0 Å². The van der Waals surface area contributed by atoms with Crippen LogP contribution in [-0.2, 0) is 0 Å². The summed E-state index contributed by atoms with van der Waals surface area (Å²) in [4.78, 5) is 10.2. The zero-order valence-electron chi connectivity index (χ0n) is 10.5. The average Bonchev–Trinajstić information content (AvgIpc) is 2.40. The number of hydrogen-bond acceptors (Lipinski definition) is 4. The van der Waals surface area contributed by atoms with Crippen LogP contribution in [0.25, 0.3) is 0 Å². The number of amidine groups is 1. The van der Waals surface area contributed by atoms with E-state index in [0.29, 0.717) is 4.47 Å². The maximum Gasteiger partial charge on any atom is 0.314 e. The molecule has 2 aromatic carbocycles. The first-order valence-electron chi connectivity index (χ1n) is 5.65. The van der Waals surface area contributed by atoms with Gasteiger partial charge in [-0.2, -0.15) is 0 Å². The van der Waals surface area contributed by atoms with Gasteiger partial charge in [0.15, 0.2) is 5.82 Å². The van der Waals surface area contributed by atoms with Crippen molar-refractivity contribution in [3.63, 3.8) is 0 Å². The predicted octanol–water partition coefficient (Wildman–Crippen LogP) is 3.57. The number of nitrogens with zero attached hydrogens (tertiary/aromatic N) is 1. The summed E-state index contributed by atoms with van der Waals surface area (Å²) in [5.74, 6) is -1.66. The Morgan fingerprint density at radius 2 is 2.00 bits per heavy atom. The molecule has 6 nitrogen and oxygen atoms in total. The normalized spacial score (nSPS) is 10.2. The van der Waals surface area contributed by atoms with Crippen LogP contribution in [0.3, 0.4) is 0 Å². The van der Waals surface area contributed by atoms with Crippen LogP contribution >= 0.6 is 15.9 Å². The first kappa shape index (κ1) is 14.9. The molecule has 0 spiro atoms. The van der Waals surface area contributed by atoms with Crippen molar-refractivity contribution < 1.29 is 14.1 Å². The zero-order valence-corrected chi connectivity index (χ0v) is 12.1. The molecule has 0 saturated carbocycles. The second kappa shape index (κ2) is 5.88. The van der Waals surface area contributed by atoms with E-state index in [1.807, 2.05) is 0 Å².